The van der Waals surface area contributed by atoms with Crippen LogP contribution in [0.25, 0.3) is 0 Å². The van der Waals surface area contributed by atoms with Crippen molar-refractivity contribution in [2.45, 2.75) is 38.6 Å². The van der Waals surface area contributed by atoms with Gasteiger partial charge in [-0.05, 0) is 66.2 Å². The van der Waals surface area contributed by atoms with Gasteiger partial charge < -0.3 is 15.5 Å². The van der Waals surface area contributed by atoms with Crippen molar-refractivity contribution in [1.29, 1.82) is 0 Å². The molecular formula is C13H29N3. The fraction of sp³-hybridized carbons (Fsp3) is 1.00. The Labute approximate surface area is 101 Å². The highest BCUT2D eigenvalue weighted by atomic mass is 15.1. The zero-order valence-corrected chi connectivity index (χ0v) is 11.5. The molecule has 3 heteroatoms. The quantitative estimate of drug-likeness (QED) is 0.670. The van der Waals surface area contributed by atoms with Crippen LogP contribution in [0.3, 0.4) is 0 Å². The van der Waals surface area contributed by atoms with Crippen LogP contribution in [0.4, 0.5) is 0 Å². The van der Waals surface area contributed by atoms with E-state index in [1.165, 1.54) is 32.4 Å². The van der Waals surface area contributed by atoms with Crippen molar-refractivity contribution in [3.05, 3.63) is 0 Å². The molecule has 1 saturated heterocycles. The van der Waals surface area contributed by atoms with E-state index in [2.05, 4.69) is 36.4 Å². The Bertz CT molecular complexity index is 192. The molecule has 1 aliphatic heterocycles. The number of rotatable bonds is 6. The van der Waals surface area contributed by atoms with Crippen LogP contribution >= 0.6 is 0 Å². The van der Waals surface area contributed by atoms with Crippen molar-refractivity contribution in [2.24, 2.45) is 5.92 Å². The second kappa shape index (κ2) is 6.58. The van der Waals surface area contributed by atoms with Gasteiger partial charge in [0.1, 0.15) is 0 Å². The molecule has 0 spiro atoms. The molecule has 16 heavy (non-hydrogen) atoms. The lowest BCUT2D eigenvalue weighted by Gasteiger charge is -2.30. The van der Waals surface area contributed by atoms with Crippen molar-refractivity contribution < 1.29 is 0 Å². The van der Waals surface area contributed by atoms with Crippen LogP contribution < -0.4 is 10.6 Å². The van der Waals surface area contributed by atoms with Crippen LogP contribution in [0.1, 0.15) is 33.1 Å². The number of piperidine rings is 1. The van der Waals surface area contributed by atoms with Gasteiger partial charge in [-0.15, -0.1) is 0 Å². The molecule has 0 aromatic rings. The van der Waals surface area contributed by atoms with Gasteiger partial charge in [-0.25, -0.2) is 0 Å². The maximum atomic E-state index is 3.56. The third kappa shape index (κ3) is 5.28. The van der Waals surface area contributed by atoms with E-state index in [4.69, 9.17) is 0 Å². The van der Waals surface area contributed by atoms with Crippen LogP contribution in [0.2, 0.25) is 0 Å². The topological polar surface area (TPSA) is 27.3 Å². The summed E-state index contributed by atoms with van der Waals surface area (Å²) in [5.74, 6) is 0.906. The monoisotopic (exact) mass is 227 g/mol. The minimum atomic E-state index is 0.212. The highest BCUT2D eigenvalue weighted by molar-refractivity contribution is 4.78. The summed E-state index contributed by atoms with van der Waals surface area (Å²) in [5.41, 5.74) is 0.212. The summed E-state index contributed by atoms with van der Waals surface area (Å²) >= 11 is 0. The van der Waals surface area contributed by atoms with Crippen LogP contribution in [-0.2, 0) is 0 Å². The Kier molecular flexibility index (Phi) is 5.73. The third-order valence-electron chi connectivity index (χ3n) is 3.70. The molecule has 0 aliphatic carbocycles. The van der Waals surface area contributed by atoms with Gasteiger partial charge in [-0.3, -0.25) is 0 Å². The van der Waals surface area contributed by atoms with Gasteiger partial charge in [0.15, 0.2) is 0 Å². The van der Waals surface area contributed by atoms with Gasteiger partial charge in [0.05, 0.1) is 0 Å². The van der Waals surface area contributed by atoms with Crippen LogP contribution in [0.15, 0.2) is 0 Å². The van der Waals surface area contributed by atoms with Gasteiger partial charge in [-0.2, -0.15) is 0 Å². The first-order chi connectivity index (χ1) is 7.53. The fourth-order valence-corrected chi connectivity index (χ4v) is 2.30. The second-order valence-corrected chi connectivity index (χ2v) is 5.87. The largest absolute Gasteiger partial charge is 0.315 e. The van der Waals surface area contributed by atoms with Crippen molar-refractivity contribution in [2.75, 3.05) is 40.3 Å². The fourth-order valence-electron chi connectivity index (χ4n) is 2.30. The predicted molar refractivity (Wildman–Crippen MR) is 70.8 cm³/mol. The lowest BCUT2D eigenvalue weighted by atomic mass is 9.95. The molecule has 0 amide bonds. The second-order valence-electron chi connectivity index (χ2n) is 5.87. The smallest absolute Gasteiger partial charge is 0.0246 e. The van der Waals surface area contributed by atoms with E-state index < -0.39 is 0 Å². The molecule has 0 aromatic carbocycles. The molecule has 0 bridgehead atoms. The van der Waals surface area contributed by atoms with E-state index in [0.29, 0.717) is 0 Å². The van der Waals surface area contributed by atoms with E-state index in [9.17, 15) is 0 Å². The van der Waals surface area contributed by atoms with Crippen LogP contribution in [0.5, 0.6) is 0 Å². The van der Waals surface area contributed by atoms with Gasteiger partial charge in [0, 0.05) is 18.6 Å². The van der Waals surface area contributed by atoms with Crippen molar-refractivity contribution in [3.63, 3.8) is 0 Å². The van der Waals surface area contributed by atoms with E-state index in [0.717, 1.165) is 19.0 Å². The number of hydrogen-bond donors (Lipinski definition) is 2. The SMILES string of the molecule is CNC(C)(C)CNCCC1CCCN(C)C1. The van der Waals surface area contributed by atoms with Gasteiger partial charge in [-0.1, -0.05) is 0 Å². The van der Waals surface area contributed by atoms with Crippen molar-refractivity contribution in [1.82, 2.24) is 15.5 Å². The normalized spacial score (nSPS) is 23.6. The Balaban J connectivity index is 2.06. The first-order valence-electron chi connectivity index (χ1n) is 6.62. The standard InChI is InChI=1S/C13H29N3/c1-13(2,14-3)11-15-8-7-12-6-5-9-16(4)10-12/h12,14-15H,5-11H2,1-4H3. The Hall–Kier alpha value is -0.120. The third-order valence-corrected chi connectivity index (χ3v) is 3.70. The summed E-state index contributed by atoms with van der Waals surface area (Å²) in [6.07, 6.45) is 4.12. The lowest BCUT2D eigenvalue weighted by Crippen LogP contribution is -2.46. The average molecular weight is 227 g/mol. The molecule has 1 aliphatic rings. The lowest BCUT2D eigenvalue weighted by molar-refractivity contribution is 0.200. The molecule has 0 radical (unpaired) electrons. The summed E-state index contributed by atoms with van der Waals surface area (Å²) in [7, 11) is 4.27. The van der Waals surface area contributed by atoms with Gasteiger partial charge in [0.2, 0.25) is 0 Å². The molecule has 0 saturated carbocycles. The van der Waals surface area contributed by atoms with E-state index in [1.54, 1.807) is 0 Å². The summed E-state index contributed by atoms with van der Waals surface area (Å²) in [4.78, 5) is 2.46. The number of nitrogens with zero attached hydrogens (tertiary/aromatic N) is 1. The van der Waals surface area contributed by atoms with Crippen LogP contribution in [0, 0.1) is 5.92 Å². The molecule has 1 fully saturated rings. The first kappa shape index (κ1) is 13.9. The molecule has 1 rings (SSSR count). The number of nitrogens with one attached hydrogen (secondary N) is 2. The minimum Gasteiger partial charge on any atom is -0.315 e. The Morgan fingerprint density at radius 2 is 2.12 bits per heavy atom. The molecule has 1 unspecified atom stereocenters. The van der Waals surface area contributed by atoms with E-state index in [-0.39, 0.29) is 5.54 Å². The average Bonchev–Trinajstić information content (AvgIpc) is 2.25. The molecule has 3 nitrogen and oxygen atoms in total. The maximum Gasteiger partial charge on any atom is 0.0246 e. The minimum absolute atomic E-state index is 0.212. The zero-order chi connectivity index (χ0) is 12.0. The number of likely N-dealkylation sites (N-methyl/N-ethyl adjacent to an activating group) is 1. The summed E-state index contributed by atoms with van der Waals surface area (Å²) in [5, 5.41) is 6.87. The zero-order valence-electron chi connectivity index (χ0n) is 11.5. The Morgan fingerprint density at radius 3 is 2.75 bits per heavy atom. The number of likely N-dealkylation sites (tertiary alicyclic amines) is 1. The molecule has 0 aromatic heterocycles. The van der Waals surface area contributed by atoms with E-state index in [1.807, 2.05) is 7.05 Å². The van der Waals surface area contributed by atoms with E-state index >= 15 is 0 Å². The summed E-state index contributed by atoms with van der Waals surface area (Å²) in [6.45, 7) is 9.24. The molecule has 1 heterocycles. The van der Waals surface area contributed by atoms with Gasteiger partial charge in [0.25, 0.3) is 0 Å². The Morgan fingerprint density at radius 1 is 1.38 bits per heavy atom. The first-order valence-corrected chi connectivity index (χ1v) is 6.62. The molecular weight excluding hydrogens is 198 g/mol. The maximum absolute atomic E-state index is 3.56. The summed E-state index contributed by atoms with van der Waals surface area (Å²) < 4.78 is 0. The van der Waals surface area contributed by atoms with Crippen LogP contribution in [-0.4, -0.2) is 50.7 Å². The highest BCUT2D eigenvalue weighted by Gasteiger charge is 2.17. The summed E-state index contributed by atoms with van der Waals surface area (Å²) in [6, 6.07) is 0. The van der Waals surface area contributed by atoms with Gasteiger partial charge >= 0.3 is 0 Å². The molecule has 2 N–H and O–H groups in total. The number of hydrogen-bond acceptors (Lipinski definition) is 3. The predicted octanol–water partition coefficient (Wildman–Crippen LogP) is 1.31. The molecule has 96 valence electrons. The van der Waals surface area contributed by atoms with Crippen molar-refractivity contribution >= 4 is 0 Å². The van der Waals surface area contributed by atoms with Crippen molar-refractivity contribution in [3.8, 4) is 0 Å². The molecule has 1 atom stereocenters. The highest BCUT2D eigenvalue weighted by Crippen LogP contribution is 2.17.